The molecule has 0 radical (unpaired) electrons. The Morgan fingerprint density at radius 1 is 1.05 bits per heavy atom. The molecule has 0 aliphatic rings. The molecule has 2 heteroatoms. The molecular formula is C18H23NO. The fourth-order valence-electron chi connectivity index (χ4n) is 2.28. The first-order chi connectivity index (χ1) is 9.79. The van der Waals surface area contributed by atoms with Gasteiger partial charge in [-0.05, 0) is 42.1 Å². The van der Waals surface area contributed by atoms with E-state index in [1.807, 2.05) is 12.1 Å². The van der Waals surface area contributed by atoms with Gasteiger partial charge < -0.3 is 10.1 Å². The first kappa shape index (κ1) is 14.6. The van der Waals surface area contributed by atoms with Crippen LogP contribution in [-0.4, -0.2) is 20.2 Å². The van der Waals surface area contributed by atoms with Crippen molar-refractivity contribution in [1.82, 2.24) is 5.32 Å². The molecule has 0 spiro atoms. The van der Waals surface area contributed by atoms with Gasteiger partial charge in [0.15, 0.2) is 0 Å². The molecule has 0 heterocycles. The molecule has 2 rings (SSSR count). The summed E-state index contributed by atoms with van der Waals surface area (Å²) in [4.78, 5) is 0. The fourth-order valence-corrected chi connectivity index (χ4v) is 2.28. The van der Waals surface area contributed by atoms with Crippen molar-refractivity contribution in [2.75, 3.05) is 20.2 Å². The lowest BCUT2D eigenvalue weighted by atomic mass is 10.0. The molecule has 2 aromatic carbocycles. The van der Waals surface area contributed by atoms with Gasteiger partial charge in [-0.2, -0.15) is 0 Å². The highest BCUT2D eigenvalue weighted by molar-refractivity contribution is 5.28. The van der Waals surface area contributed by atoms with Gasteiger partial charge in [0.2, 0.25) is 0 Å². The van der Waals surface area contributed by atoms with Crippen molar-refractivity contribution in [3.05, 3.63) is 65.7 Å². The van der Waals surface area contributed by atoms with Gasteiger partial charge >= 0.3 is 0 Å². The minimum atomic E-state index is 0.543. The molecular weight excluding hydrogens is 246 g/mol. The van der Waals surface area contributed by atoms with Crippen molar-refractivity contribution in [2.24, 2.45) is 0 Å². The number of benzene rings is 2. The van der Waals surface area contributed by atoms with Crippen LogP contribution < -0.4 is 10.1 Å². The zero-order valence-electron chi connectivity index (χ0n) is 12.3. The maximum atomic E-state index is 5.24. The zero-order valence-corrected chi connectivity index (χ0v) is 12.3. The van der Waals surface area contributed by atoms with E-state index in [1.165, 1.54) is 11.1 Å². The molecule has 0 fully saturated rings. The molecule has 0 saturated carbocycles. The fraction of sp³-hybridized carbons (Fsp3) is 0.333. The van der Waals surface area contributed by atoms with Crippen molar-refractivity contribution in [3.63, 3.8) is 0 Å². The van der Waals surface area contributed by atoms with E-state index < -0.39 is 0 Å². The zero-order chi connectivity index (χ0) is 14.2. The Kier molecular flexibility index (Phi) is 5.63. The molecule has 2 aromatic rings. The van der Waals surface area contributed by atoms with E-state index in [9.17, 15) is 0 Å². The van der Waals surface area contributed by atoms with Crippen LogP contribution >= 0.6 is 0 Å². The number of rotatable bonds is 7. The summed E-state index contributed by atoms with van der Waals surface area (Å²) in [5.41, 5.74) is 2.70. The lowest BCUT2D eigenvalue weighted by Crippen LogP contribution is -2.22. The van der Waals surface area contributed by atoms with Gasteiger partial charge in [-0.25, -0.2) is 0 Å². The Morgan fingerprint density at radius 3 is 2.60 bits per heavy atom. The van der Waals surface area contributed by atoms with Crippen LogP contribution in [0.15, 0.2) is 54.6 Å². The number of hydrogen-bond acceptors (Lipinski definition) is 2. The molecule has 0 aliphatic carbocycles. The van der Waals surface area contributed by atoms with E-state index in [0.717, 1.165) is 25.3 Å². The van der Waals surface area contributed by atoms with Crippen molar-refractivity contribution in [2.45, 2.75) is 19.3 Å². The Bertz CT molecular complexity index is 510. The number of ether oxygens (including phenoxy) is 1. The lowest BCUT2D eigenvalue weighted by molar-refractivity contribution is 0.414. The van der Waals surface area contributed by atoms with Crippen LogP contribution in [0, 0.1) is 0 Å². The summed E-state index contributed by atoms with van der Waals surface area (Å²) < 4.78 is 5.24. The first-order valence-electron chi connectivity index (χ1n) is 7.18. The molecule has 106 valence electrons. The van der Waals surface area contributed by atoms with Crippen LogP contribution in [0.5, 0.6) is 5.75 Å². The van der Waals surface area contributed by atoms with E-state index >= 15 is 0 Å². The van der Waals surface area contributed by atoms with Crippen molar-refractivity contribution >= 4 is 0 Å². The summed E-state index contributed by atoms with van der Waals surface area (Å²) in [5.74, 6) is 1.47. The third-order valence-electron chi connectivity index (χ3n) is 3.54. The highest BCUT2D eigenvalue weighted by Crippen LogP contribution is 2.14. The Hall–Kier alpha value is -1.80. The standard InChI is InChI=1S/C18H23NO/c1-15(17-8-4-3-5-9-17)14-19-12-11-16-7-6-10-18(13-16)20-2/h3-10,13,15,19H,11-12,14H2,1-2H3. The average Bonchev–Trinajstić information content (AvgIpc) is 2.52. The SMILES string of the molecule is COc1cccc(CCNCC(C)c2ccccc2)c1. The largest absolute Gasteiger partial charge is 0.497 e. The van der Waals surface area contributed by atoms with Gasteiger partial charge in [-0.1, -0.05) is 49.4 Å². The lowest BCUT2D eigenvalue weighted by Gasteiger charge is -2.13. The van der Waals surface area contributed by atoms with Crippen LogP contribution in [0.1, 0.15) is 24.0 Å². The third-order valence-corrected chi connectivity index (χ3v) is 3.54. The number of methoxy groups -OCH3 is 1. The number of nitrogens with one attached hydrogen (secondary N) is 1. The minimum absolute atomic E-state index is 0.543. The maximum Gasteiger partial charge on any atom is 0.119 e. The minimum Gasteiger partial charge on any atom is -0.497 e. The van der Waals surface area contributed by atoms with Gasteiger partial charge in [0, 0.05) is 6.54 Å². The second-order valence-corrected chi connectivity index (χ2v) is 5.12. The highest BCUT2D eigenvalue weighted by Gasteiger charge is 2.03. The first-order valence-corrected chi connectivity index (χ1v) is 7.18. The van der Waals surface area contributed by atoms with Crippen molar-refractivity contribution in [1.29, 1.82) is 0 Å². The molecule has 20 heavy (non-hydrogen) atoms. The molecule has 0 aliphatic heterocycles. The monoisotopic (exact) mass is 269 g/mol. The van der Waals surface area contributed by atoms with Crippen LogP contribution in [0.3, 0.4) is 0 Å². The van der Waals surface area contributed by atoms with E-state index in [2.05, 4.69) is 54.7 Å². The van der Waals surface area contributed by atoms with Crippen LogP contribution in [0.4, 0.5) is 0 Å². The summed E-state index contributed by atoms with van der Waals surface area (Å²) in [6.07, 6.45) is 1.03. The summed E-state index contributed by atoms with van der Waals surface area (Å²) >= 11 is 0. The molecule has 0 aromatic heterocycles. The smallest absolute Gasteiger partial charge is 0.119 e. The second kappa shape index (κ2) is 7.71. The predicted octanol–water partition coefficient (Wildman–Crippen LogP) is 3.63. The highest BCUT2D eigenvalue weighted by atomic mass is 16.5. The molecule has 0 bridgehead atoms. The van der Waals surface area contributed by atoms with E-state index in [-0.39, 0.29) is 0 Å². The maximum absolute atomic E-state index is 5.24. The van der Waals surface area contributed by atoms with Gasteiger partial charge in [0.25, 0.3) is 0 Å². The van der Waals surface area contributed by atoms with Gasteiger partial charge in [0.1, 0.15) is 5.75 Å². The van der Waals surface area contributed by atoms with Gasteiger partial charge in [0.05, 0.1) is 7.11 Å². The van der Waals surface area contributed by atoms with Crippen LogP contribution in [0.2, 0.25) is 0 Å². The third kappa shape index (κ3) is 4.39. The van der Waals surface area contributed by atoms with Gasteiger partial charge in [-0.3, -0.25) is 0 Å². The molecule has 0 amide bonds. The van der Waals surface area contributed by atoms with Crippen LogP contribution in [-0.2, 0) is 6.42 Å². The Labute approximate surface area is 121 Å². The van der Waals surface area contributed by atoms with Gasteiger partial charge in [-0.15, -0.1) is 0 Å². The Balaban J connectivity index is 1.73. The normalized spacial score (nSPS) is 12.1. The van der Waals surface area contributed by atoms with E-state index in [4.69, 9.17) is 4.74 Å². The van der Waals surface area contributed by atoms with Crippen molar-refractivity contribution < 1.29 is 4.74 Å². The quantitative estimate of drug-likeness (QED) is 0.775. The van der Waals surface area contributed by atoms with Crippen LogP contribution in [0.25, 0.3) is 0 Å². The molecule has 1 unspecified atom stereocenters. The molecule has 1 atom stereocenters. The summed E-state index contributed by atoms with van der Waals surface area (Å²) in [6.45, 7) is 4.26. The molecule has 0 saturated heterocycles. The van der Waals surface area contributed by atoms with E-state index in [0.29, 0.717) is 5.92 Å². The molecule has 2 nitrogen and oxygen atoms in total. The second-order valence-electron chi connectivity index (χ2n) is 5.12. The summed E-state index contributed by atoms with van der Waals surface area (Å²) in [7, 11) is 1.71. The van der Waals surface area contributed by atoms with E-state index in [1.54, 1.807) is 7.11 Å². The topological polar surface area (TPSA) is 21.3 Å². The summed E-state index contributed by atoms with van der Waals surface area (Å²) in [6, 6.07) is 18.9. The number of hydrogen-bond donors (Lipinski definition) is 1. The predicted molar refractivity (Wildman–Crippen MR) is 84.4 cm³/mol. The average molecular weight is 269 g/mol. The molecule has 1 N–H and O–H groups in total. The summed E-state index contributed by atoms with van der Waals surface area (Å²) in [5, 5.41) is 3.53. The Morgan fingerprint density at radius 2 is 1.85 bits per heavy atom. The van der Waals surface area contributed by atoms with Crippen molar-refractivity contribution in [3.8, 4) is 5.75 Å².